The standard InChI is InChI=1S/C17H14ClF3N4O2/c18-12-2-1-9(7-11(12)17(19,20)21)16(27)24-5-3-13-10(8-24)14-15(26)22-4-6-25(14)23-13/h1-2,7H,3-6,8H2,(H,22,26). The second-order valence-electron chi connectivity index (χ2n) is 6.42. The van der Waals surface area contributed by atoms with Gasteiger partial charge in [-0.05, 0) is 18.2 Å². The average Bonchev–Trinajstić information content (AvgIpc) is 2.99. The number of fused-ring (bicyclic) bond motifs is 3. The Kier molecular flexibility index (Phi) is 4.14. The molecule has 10 heteroatoms. The van der Waals surface area contributed by atoms with E-state index in [-0.39, 0.29) is 18.0 Å². The molecule has 0 saturated heterocycles. The van der Waals surface area contributed by atoms with Gasteiger partial charge in [-0.3, -0.25) is 14.3 Å². The zero-order valence-electron chi connectivity index (χ0n) is 13.9. The SMILES string of the molecule is O=C1NCCn2nc3c(c21)CN(C(=O)c1ccc(Cl)c(C(F)(F)F)c1)CC3. The maximum atomic E-state index is 13.1. The third-order valence-corrected chi connectivity index (χ3v) is 5.06. The molecule has 6 nitrogen and oxygen atoms in total. The van der Waals surface area contributed by atoms with Gasteiger partial charge >= 0.3 is 6.18 Å². The topological polar surface area (TPSA) is 67.2 Å². The first-order valence-electron chi connectivity index (χ1n) is 8.28. The molecule has 0 unspecified atom stereocenters. The third kappa shape index (κ3) is 3.05. The second-order valence-corrected chi connectivity index (χ2v) is 6.83. The smallest absolute Gasteiger partial charge is 0.349 e. The molecule has 2 aromatic rings. The van der Waals surface area contributed by atoms with Gasteiger partial charge in [-0.25, -0.2) is 0 Å². The molecule has 0 atom stereocenters. The number of rotatable bonds is 1. The van der Waals surface area contributed by atoms with E-state index in [9.17, 15) is 22.8 Å². The number of carbonyl (C=O) groups is 2. The molecule has 0 saturated carbocycles. The van der Waals surface area contributed by atoms with Crippen LogP contribution in [0.5, 0.6) is 0 Å². The van der Waals surface area contributed by atoms with Crippen LogP contribution in [-0.2, 0) is 25.7 Å². The molecule has 142 valence electrons. The molecule has 2 aliphatic heterocycles. The van der Waals surface area contributed by atoms with Crippen LogP contribution in [0.15, 0.2) is 18.2 Å². The number of aromatic nitrogens is 2. The van der Waals surface area contributed by atoms with Gasteiger partial charge in [-0.15, -0.1) is 0 Å². The Labute approximate surface area is 156 Å². The predicted octanol–water partition coefficient (Wildman–Crippen LogP) is 2.50. The first kappa shape index (κ1) is 17.8. The van der Waals surface area contributed by atoms with Crippen molar-refractivity contribution in [3.63, 3.8) is 0 Å². The zero-order valence-corrected chi connectivity index (χ0v) is 14.7. The van der Waals surface area contributed by atoms with E-state index in [1.807, 2.05) is 0 Å². The fraction of sp³-hybridized carbons (Fsp3) is 0.353. The summed E-state index contributed by atoms with van der Waals surface area (Å²) < 4.78 is 40.8. The van der Waals surface area contributed by atoms with Crippen molar-refractivity contribution in [2.75, 3.05) is 13.1 Å². The summed E-state index contributed by atoms with van der Waals surface area (Å²) in [6.07, 6.45) is -4.21. The molecule has 3 heterocycles. The Morgan fingerprint density at radius 1 is 1.26 bits per heavy atom. The van der Waals surface area contributed by atoms with Crippen LogP contribution in [0.4, 0.5) is 13.2 Å². The zero-order chi connectivity index (χ0) is 19.3. The van der Waals surface area contributed by atoms with E-state index in [0.717, 1.165) is 17.8 Å². The highest BCUT2D eigenvalue weighted by Crippen LogP contribution is 2.35. The van der Waals surface area contributed by atoms with Gasteiger partial charge in [0.15, 0.2) is 0 Å². The molecule has 1 N–H and O–H groups in total. The highest BCUT2D eigenvalue weighted by molar-refractivity contribution is 6.31. The van der Waals surface area contributed by atoms with Crippen molar-refractivity contribution in [1.82, 2.24) is 20.0 Å². The lowest BCUT2D eigenvalue weighted by Gasteiger charge is -2.27. The fourth-order valence-electron chi connectivity index (χ4n) is 3.43. The summed E-state index contributed by atoms with van der Waals surface area (Å²) in [6.45, 7) is 1.48. The Morgan fingerprint density at radius 2 is 2.04 bits per heavy atom. The molecule has 0 radical (unpaired) electrons. The van der Waals surface area contributed by atoms with Crippen molar-refractivity contribution in [1.29, 1.82) is 0 Å². The number of nitrogens with zero attached hydrogens (tertiary/aromatic N) is 3. The summed E-state index contributed by atoms with van der Waals surface area (Å²) in [6, 6.07) is 3.11. The van der Waals surface area contributed by atoms with Gasteiger partial charge in [-0.2, -0.15) is 18.3 Å². The van der Waals surface area contributed by atoms with Gasteiger partial charge in [0.2, 0.25) is 0 Å². The van der Waals surface area contributed by atoms with Crippen molar-refractivity contribution >= 4 is 23.4 Å². The number of halogens is 4. The number of benzene rings is 1. The minimum Gasteiger partial charge on any atom is -0.349 e. The Bertz CT molecular complexity index is 954. The molecule has 2 amide bonds. The summed E-state index contributed by atoms with van der Waals surface area (Å²) in [4.78, 5) is 26.3. The molecule has 4 rings (SSSR count). The molecular weight excluding hydrogens is 385 g/mol. The Balaban J connectivity index is 1.64. The van der Waals surface area contributed by atoms with Gasteiger partial charge in [0, 0.05) is 30.6 Å². The van der Waals surface area contributed by atoms with Crippen LogP contribution >= 0.6 is 11.6 Å². The maximum absolute atomic E-state index is 13.1. The Hall–Kier alpha value is -2.55. The monoisotopic (exact) mass is 398 g/mol. The molecule has 0 aliphatic carbocycles. The van der Waals surface area contributed by atoms with Crippen LogP contribution in [-0.4, -0.2) is 39.6 Å². The predicted molar refractivity (Wildman–Crippen MR) is 89.5 cm³/mol. The van der Waals surface area contributed by atoms with E-state index in [1.165, 1.54) is 11.0 Å². The molecule has 0 bridgehead atoms. The quantitative estimate of drug-likeness (QED) is 0.802. The minimum absolute atomic E-state index is 0.0966. The van der Waals surface area contributed by atoms with E-state index in [0.29, 0.717) is 37.3 Å². The second kappa shape index (κ2) is 6.26. The highest BCUT2D eigenvalue weighted by Gasteiger charge is 2.35. The minimum atomic E-state index is -4.65. The highest BCUT2D eigenvalue weighted by atomic mass is 35.5. The van der Waals surface area contributed by atoms with Gasteiger partial charge in [-0.1, -0.05) is 11.6 Å². The molecule has 0 fully saturated rings. The number of hydrogen-bond acceptors (Lipinski definition) is 3. The van der Waals surface area contributed by atoms with Crippen molar-refractivity contribution in [2.24, 2.45) is 0 Å². The molecular formula is C17H14ClF3N4O2. The maximum Gasteiger partial charge on any atom is 0.417 e. The van der Waals surface area contributed by atoms with Crippen molar-refractivity contribution in [3.05, 3.63) is 51.3 Å². The van der Waals surface area contributed by atoms with Gasteiger partial charge in [0.1, 0.15) is 5.69 Å². The van der Waals surface area contributed by atoms with Gasteiger partial charge < -0.3 is 10.2 Å². The molecule has 27 heavy (non-hydrogen) atoms. The van der Waals surface area contributed by atoms with Gasteiger partial charge in [0.05, 0.1) is 29.4 Å². The summed E-state index contributed by atoms with van der Waals surface area (Å²) in [5, 5.41) is 6.70. The summed E-state index contributed by atoms with van der Waals surface area (Å²) in [7, 11) is 0. The fourth-order valence-corrected chi connectivity index (χ4v) is 3.66. The average molecular weight is 399 g/mol. The number of alkyl halides is 3. The normalized spacial score (nSPS) is 16.6. The van der Waals surface area contributed by atoms with Crippen LogP contribution < -0.4 is 5.32 Å². The third-order valence-electron chi connectivity index (χ3n) is 4.73. The number of hydrogen-bond donors (Lipinski definition) is 1. The van der Waals surface area contributed by atoms with Crippen LogP contribution in [0.25, 0.3) is 0 Å². The number of amides is 2. The lowest BCUT2D eigenvalue weighted by molar-refractivity contribution is -0.137. The van der Waals surface area contributed by atoms with E-state index < -0.39 is 22.7 Å². The van der Waals surface area contributed by atoms with E-state index in [2.05, 4.69) is 10.4 Å². The van der Waals surface area contributed by atoms with Crippen molar-refractivity contribution < 1.29 is 22.8 Å². The summed E-state index contributed by atoms with van der Waals surface area (Å²) >= 11 is 5.62. The van der Waals surface area contributed by atoms with Crippen LogP contribution in [0.1, 0.15) is 37.7 Å². The summed E-state index contributed by atoms with van der Waals surface area (Å²) in [5.74, 6) is -0.797. The lowest BCUT2D eigenvalue weighted by atomic mass is 10.0. The Morgan fingerprint density at radius 3 is 2.78 bits per heavy atom. The van der Waals surface area contributed by atoms with E-state index in [4.69, 9.17) is 11.6 Å². The lowest BCUT2D eigenvalue weighted by Crippen LogP contribution is -2.39. The van der Waals surface area contributed by atoms with Crippen LogP contribution in [0.2, 0.25) is 5.02 Å². The van der Waals surface area contributed by atoms with Gasteiger partial charge in [0.25, 0.3) is 11.8 Å². The molecule has 0 spiro atoms. The molecule has 1 aromatic heterocycles. The van der Waals surface area contributed by atoms with E-state index >= 15 is 0 Å². The molecule has 2 aliphatic rings. The van der Waals surface area contributed by atoms with Crippen molar-refractivity contribution in [2.45, 2.75) is 25.7 Å². The number of nitrogens with one attached hydrogen (secondary N) is 1. The van der Waals surface area contributed by atoms with E-state index in [1.54, 1.807) is 4.68 Å². The van der Waals surface area contributed by atoms with Crippen LogP contribution in [0.3, 0.4) is 0 Å². The van der Waals surface area contributed by atoms with Crippen LogP contribution in [0, 0.1) is 0 Å². The first-order valence-corrected chi connectivity index (χ1v) is 8.66. The summed E-state index contributed by atoms with van der Waals surface area (Å²) in [5.41, 5.74) is 0.673. The largest absolute Gasteiger partial charge is 0.417 e. The number of carbonyl (C=O) groups excluding carboxylic acids is 2. The first-order chi connectivity index (χ1) is 12.8. The van der Waals surface area contributed by atoms with Crippen molar-refractivity contribution in [3.8, 4) is 0 Å². The molecule has 1 aromatic carbocycles.